The van der Waals surface area contributed by atoms with Crippen LogP contribution < -0.4 is 31.1 Å². The molecule has 2 aromatic carbocycles. The first-order valence-corrected chi connectivity index (χ1v) is 22.7. The van der Waals surface area contributed by atoms with Gasteiger partial charge in [-0.25, -0.2) is 9.37 Å². The molecule has 1 aliphatic carbocycles. The van der Waals surface area contributed by atoms with E-state index in [1.807, 2.05) is 32.0 Å². The van der Waals surface area contributed by atoms with Crippen molar-refractivity contribution in [2.24, 2.45) is 0 Å². The van der Waals surface area contributed by atoms with Crippen LogP contribution in [-0.2, 0) is 31.3 Å². The third-order valence-corrected chi connectivity index (χ3v) is 13.9. The maximum absolute atomic E-state index is 16.1. The van der Waals surface area contributed by atoms with E-state index in [1.165, 1.54) is 18.0 Å². The molecule has 9 rings (SSSR count). The SMILES string of the molecule is CNC(=O)COc1cc2cc(Nc3nc(N4CCC(OC5CC(N6CCC(O)(c7ccc8c(c7F)CN([C@@H]7CCC(=O)NC7=O)C8=O)CC6)C5)CC4)ncc3Cl)ccc2n(C(C)C)c1=O. The lowest BCUT2D eigenvalue weighted by atomic mass is 9.80. The molecular weight excluding hydrogens is 861 g/mol. The van der Waals surface area contributed by atoms with Gasteiger partial charge in [0.2, 0.25) is 17.8 Å². The third kappa shape index (κ3) is 8.76. The smallest absolute Gasteiger partial charge is 0.293 e. The van der Waals surface area contributed by atoms with Crippen LogP contribution in [0, 0.1) is 5.82 Å². The number of ether oxygens (including phenoxy) is 2. The summed E-state index contributed by atoms with van der Waals surface area (Å²) >= 11 is 6.59. The number of amides is 4. The number of rotatable bonds is 12. The van der Waals surface area contributed by atoms with Gasteiger partial charge in [-0.15, -0.1) is 0 Å². The quantitative estimate of drug-likeness (QED) is 0.147. The van der Waals surface area contributed by atoms with Crippen molar-refractivity contribution in [3.05, 3.63) is 80.5 Å². The summed E-state index contributed by atoms with van der Waals surface area (Å²) in [4.78, 5) is 77.5. The molecule has 4 amide bonds. The van der Waals surface area contributed by atoms with Gasteiger partial charge in [-0.2, -0.15) is 4.98 Å². The van der Waals surface area contributed by atoms with Crippen LogP contribution in [0.2, 0.25) is 5.02 Å². The van der Waals surface area contributed by atoms with Gasteiger partial charge in [-0.3, -0.25) is 34.2 Å². The molecule has 344 valence electrons. The molecule has 5 aliphatic rings. The topological polar surface area (TPSA) is 201 Å². The van der Waals surface area contributed by atoms with E-state index < -0.39 is 29.3 Å². The largest absolute Gasteiger partial charge is 0.478 e. The second-order valence-electron chi connectivity index (χ2n) is 18.0. The predicted octanol–water partition coefficient (Wildman–Crippen LogP) is 4.29. The molecule has 0 unspecified atom stereocenters. The third-order valence-electron chi connectivity index (χ3n) is 13.6. The summed E-state index contributed by atoms with van der Waals surface area (Å²) in [6.07, 6.45) is 6.19. The van der Waals surface area contributed by atoms with Gasteiger partial charge in [0, 0.05) is 79.5 Å². The molecule has 65 heavy (non-hydrogen) atoms. The lowest BCUT2D eigenvalue weighted by Crippen LogP contribution is -2.54. The Bertz CT molecular complexity index is 2610. The number of pyridine rings is 1. The van der Waals surface area contributed by atoms with Gasteiger partial charge in [0.25, 0.3) is 17.4 Å². The van der Waals surface area contributed by atoms with Crippen LogP contribution in [0.4, 0.5) is 21.8 Å². The zero-order valence-electron chi connectivity index (χ0n) is 36.6. The Morgan fingerprint density at radius 3 is 2.49 bits per heavy atom. The minimum absolute atomic E-state index is 0.0763. The average molecular weight is 914 g/mol. The highest BCUT2D eigenvalue weighted by atomic mass is 35.5. The summed E-state index contributed by atoms with van der Waals surface area (Å²) in [6.45, 7) is 6.06. The number of halogens is 2. The van der Waals surface area contributed by atoms with Crippen LogP contribution >= 0.6 is 11.6 Å². The van der Waals surface area contributed by atoms with E-state index in [9.17, 15) is 29.1 Å². The van der Waals surface area contributed by atoms with E-state index in [-0.39, 0.29) is 84.1 Å². The van der Waals surface area contributed by atoms with Crippen LogP contribution in [0.1, 0.15) is 92.7 Å². The molecule has 4 aromatic rings. The Hall–Kier alpha value is -5.69. The summed E-state index contributed by atoms with van der Waals surface area (Å²) in [5.74, 6) is -1.27. The second kappa shape index (κ2) is 17.9. The van der Waals surface area contributed by atoms with Crippen molar-refractivity contribution in [3.8, 4) is 5.75 Å². The minimum Gasteiger partial charge on any atom is -0.478 e. The van der Waals surface area contributed by atoms with Crippen molar-refractivity contribution in [2.75, 3.05) is 50.1 Å². The molecule has 17 nitrogen and oxygen atoms in total. The molecule has 0 spiro atoms. The number of nitrogens with one attached hydrogen (secondary N) is 3. The Labute approximate surface area is 379 Å². The number of imide groups is 1. The lowest BCUT2D eigenvalue weighted by Gasteiger charge is -2.48. The zero-order chi connectivity index (χ0) is 45.7. The van der Waals surface area contributed by atoms with Crippen LogP contribution in [0.3, 0.4) is 0 Å². The van der Waals surface area contributed by atoms with E-state index in [0.717, 1.165) is 36.6 Å². The van der Waals surface area contributed by atoms with Gasteiger partial charge >= 0.3 is 0 Å². The van der Waals surface area contributed by atoms with E-state index in [2.05, 4.69) is 30.7 Å². The number of likely N-dealkylation sites (N-methyl/N-ethyl adjacent to an activating group) is 1. The van der Waals surface area contributed by atoms with Crippen molar-refractivity contribution < 1.29 is 38.1 Å². The summed E-state index contributed by atoms with van der Waals surface area (Å²) in [5.41, 5.74) is 0.253. The Morgan fingerprint density at radius 1 is 1.03 bits per heavy atom. The van der Waals surface area contributed by atoms with Crippen LogP contribution in [0.25, 0.3) is 10.9 Å². The normalized spacial score (nSPS) is 22.5. The monoisotopic (exact) mass is 913 g/mol. The number of likely N-dealkylation sites (tertiary alicyclic amines) is 1. The predicted molar refractivity (Wildman–Crippen MR) is 239 cm³/mol. The average Bonchev–Trinajstić information content (AvgIpc) is 3.61. The molecule has 0 radical (unpaired) electrons. The Morgan fingerprint density at radius 2 is 1.78 bits per heavy atom. The molecule has 4 aliphatic heterocycles. The van der Waals surface area contributed by atoms with E-state index in [1.54, 1.807) is 22.9 Å². The molecule has 3 saturated heterocycles. The van der Waals surface area contributed by atoms with Crippen LogP contribution in [0.5, 0.6) is 5.75 Å². The standard InChI is InChI=1S/C46H53ClFN9O8/c1-25(2)57-35-7-4-27(18-26(35)19-37(44(57)62)64-24-39(59)49-3)51-41-34(47)22-50-45(53-41)55-14-10-29(11-15-55)65-30-20-28(21-30)54-16-12-46(63,13-17-54)33-6-5-31-32(40(33)48)23-56(43(31)61)36-8-9-38(58)52-42(36)60/h4-7,18-19,22,25,28-30,36,63H,8-17,20-21,23-24H2,1-3H3,(H,49,59)(H,50,51,53)(H,52,58,60)/t28?,30?,36-/m1/s1. The summed E-state index contributed by atoms with van der Waals surface area (Å²) in [5, 5.41) is 20.9. The number of aromatic nitrogens is 3. The maximum atomic E-state index is 16.1. The highest BCUT2D eigenvalue weighted by Crippen LogP contribution is 2.41. The molecule has 1 saturated carbocycles. The molecule has 19 heteroatoms. The fourth-order valence-corrected chi connectivity index (χ4v) is 10.0. The van der Waals surface area contributed by atoms with Gasteiger partial charge in [0.1, 0.15) is 16.9 Å². The molecule has 6 heterocycles. The minimum atomic E-state index is -1.38. The lowest BCUT2D eigenvalue weighted by molar-refractivity contribution is -0.137. The number of aliphatic hydroxyl groups is 1. The molecule has 2 aromatic heterocycles. The van der Waals surface area contributed by atoms with Gasteiger partial charge in [-0.1, -0.05) is 17.7 Å². The van der Waals surface area contributed by atoms with Crippen molar-refractivity contribution >= 4 is 63.6 Å². The highest BCUT2D eigenvalue weighted by Gasteiger charge is 2.45. The first-order valence-electron chi connectivity index (χ1n) is 22.3. The fraction of sp³-hybridized carbons (Fsp3) is 0.500. The molecule has 1 atom stereocenters. The molecule has 4 fully saturated rings. The number of benzene rings is 2. The number of hydrogen-bond acceptors (Lipinski definition) is 13. The van der Waals surface area contributed by atoms with Crippen molar-refractivity contribution in [1.82, 2.24) is 35.0 Å². The highest BCUT2D eigenvalue weighted by molar-refractivity contribution is 6.33. The summed E-state index contributed by atoms with van der Waals surface area (Å²) in [6, 6.07) is 9.59. The number of carbonyl (C=O) groups is 4. The molecule has 4 N–H and O–H groups in total. The zero-order valence-corrected chi connectivity index (χ0v) is 37.3. The first kappa shape index (κ1) is 44.5. The number of piperidine rings is 3. The van der Waals surface area contributed by atoms with Crippen molar-refractivity contribution in [2.45, 2.75) is 108 Å². The van der Waals surface area contributed by atoms with Gasteiger partial charge < -0.3 is 39.6 Å². The van der Waals surface area contributed by atoms with Crippen molar-refractivity contribution in [1.29, 1.82) is 0 Å². The number of hydrogen-bond donors (Lipinski definition) is 4. The molecule has 0 bridgehead atoms. The number of fused-ring (bicyclic) bond motifs is 2. The number of carbonyl (C=O) groups excluding carboxylic acids is 4. The van der Waals surface area contributed by atoms with Crippen LogP contribution in [-0.4, -0.2) is 117 Å². The van der Waals surface area contributed by atoms with Gasteiger partial charge in [-0.05, 0) is 89.1 Å². The summed E-state index contributed by atoms with van der Waals surface area (Å²) < 4.78 is 29.9. The number of anilines is 3. The first-order chi connectivity index (χ1) is 31.2. The Balaban J connectivity index is 0.755. The molecular formula is C46H53ClFN9O8. The van der Waals surface area contributed by atoms with Gasteiger partial charge in [0.15, 0.2) is 18.2 Å². The van der Waals surface area contributed by atoms with E-state index in [4.69, 9.17) is 26.1 Å². The fourth-order valence-electron chi connectivity index (χ4n) is 9.87. The Kier molecular flexibility index (Phi) is 12.3. The van der Waals surface area contributed by atoms with E-state index >= 15 is 4.39 Å². The summed E-state index contributed by atoms with van der Waals surface area (Å²) in [7, 11) is 1.50. The number of nitrogens with zero attached hydrogens (tertiary/aromatic N) is 6. The second-order valence-corrected chi connectivity index (χ2v) is 18.4. The van der Waals surface area contributed by atoms with Crippen LogP contribution in [0.15, 0.2) is 47.4 Å². The maximum Gasteiger partial charge on any atom is 0.293 e. The van der Waals surface area contributed by atoms with Crippen molar-refractivity contribution in [3.63, 3.8) is 0 Å². The van der Waals surface area contributed by atoms with E-state index in [0.29, 0.717) is 67.5 Å². The van der Waals surface area contributed by atoms with Gasteiger partial charge in [0.05, 0.1) is 36.1 Å².